The van der Waals surface area contributed by atoms with Crippen molar-refractivity contribution in [1.82, 2.24) is 9.88 Å². The van der Waals surface area contributed by atoms with E-state index in [4.69, 9.17) is 0 Å². The van der Waals surface area contributed by atoms with Gasteiger partial charge in [0.15, 0.2) is 0 Å². The van der Waals surface area contributed by atoms with Crippen molar-refractivity contribution in [3.05, 3.63) is 64.1 Å². The van der Waals surface area contributed by atoms with Crippen LogP contribution in [0, 0.1) is 5.82 Å². The fourth-order valence-corrected chi connectivity index (χ4v) is 2.39. The molecule has 0 aliphatic rings. The summed E-state index contributed by atoms with van der Waals surface area (Å²) in [5.74, 6) is -0.869. The molecule has 104 valence electrons. The Labute approximate surface area is 125 Å². The first-order valence-electron chi connectivity index (χ1n) is 6.26. The molecule has 0 radical (unpaired) electrons. The zero-order valence-electron chi connectivity index (χ0n) is 11.0. The summed E-state index contributed by atoms with van der Waals surface area (Å²) in [5.41, 5.74) is 0.834. The lowest BCUT2D eigenvalue weighted by atomic mass is 10.1. The average molecular weight is 337 g/mol. The fraction of sp³-hybridized carbons (Fsp3) is 0.200. The second-order valence-electron chi connectivity index (χ2n) is 4.24. The van der Waals surface area contributed by atoms with Crippen molar-refractivity contribution < 1.29 is 9.18 Å². The molecular formula is C15H14BrFN2O. The number of rotatable bonds is 4. The standard InChI is InChI=1S/C15H14BrFN2O/c1-2-19(10-11-6-3-4-9-18-11)15(20)14-12(16)7-5-8-13(14)17/h3-9H,2,10H2,1H3. The zero-order chi connectivity index (χ0) is 14.5. The summed E-state index contributed by atoms with van der Waals surface area (Å²) in [5, 5.41) is 0. The number of carbonyl (C=O) groups is 1. The number of amides is 1. The van der Waals surface area contributed by atoms with Gasteiger partial charge in [-0.1, -0.05) is 12.1 Å². The molecule has 2 aromatic rings. The maximum Gasteiger partial charge on any atom is 0.258 e. The topological polar surface area (TPSA) is 33.2 Å². The molecule has 1 aromatic carbocycles. The normalized spacial score (nSPS) is 10.3. The molecule has 5 heteroatoms. The fourth-order valence-electron chi connectivity index (χ4n) is 1.87. The van der Waals surface area contributed by atoms with Gasteiger partial charge in [0.25, 0.3) is 5.91 Å². The molecule has 0 unspecified atom stereocenters. The number of carbonyl (C=O) groups excluding carboxylic acids is 1. The number of nitrogens with zero attached hydrogens (tertiary/aromatic N) is 2. The molecule has 0 atom stereocenters. The Hall–Kier alpha value is -1.75. The zero-order valence-corrected chi connectivity index (χ0v) is 12.6. The molecule has 0 N–H and O–H groups in total. The molecule has 1 aromatic heterocycles. The predicted molar refractivity (Wildman–Crippen MR) is 78.8 cm³/mol. The molecule has 0 saturated carbocycles. The third-order valence-electron chi connectivity index (χ3n) is 2.92. The van der Waals surface area contributed by atoms with Gasteiger partial charge in [0.05, 0.1) is 17.8 Å². The number of benzene rings is 1. The minimum absolute atomic E-state index is 0.0604. The summed E-state index contributed by atoms with van der Waals surface area (Å²) < 4.78 is 14.3. The van der Waals surface area contributed by atoms with Crippen molar-refractivity contribution in [3.63, 3.8) is 0 Å². The summed E-state index contributed by atoms with van der Waals surface area (Å²) in [4.78, 5) is 18.2. The Bertz CT molecular complexity index is 584. The molecular weight excluding hydrogens is 323 g/mol. The molecule has 3 nitrogen and oxygen atoms in total. The van der Waals surface area contributed by atoms with E-state index in [0.717, 1.165) is 5.69 Å². The van der Waals surface area contributed by atoms with Crippen LogP contribution in [0.3, 0.4) is 0 Å². The Kier molecular flexibility index (Phi) is 4.84. The first kappa shape index (κ1) is 14.7. The lowest BCUT2D eigenvalue weighted by Crippen LogP contribution is -2.31. The van der Waals surface area contributed by atoms with Crippen LogP contribution in [0.25, 0.3) is 0 Å². The van der Waals surface area contributed by atoms with E-state index in [-0.39, 0.29) is 11.5 Å². The van der Waals surface area contributed by atoms with Gasteiger partial charge in [-0.2, -0.15) is 0 Å². The summed E-state index contributed by atoms with van der Waals surface area (Å²) in [6.07, 6.45) is 1.67. The molecule has 0 saturated heterocycles. The number of pyridine rings is 1. The first-order valence-corrected chi connectivity index (χ1v) is 7.06. The number of hydrogen-bond donors (Lipinski definition) is 0. The molecule has 0 fully saturated rings. The summed E-state index contributed by atoms with van der Waals surface area (Å²) in [7, 11) is 0. The van der Waals surface area contributed by atoms with Gasteiger partial charge in [0.1, 0.15) is 5.82 Å². The van der Waals surface area contributed by atoms with Gasteiger partial charge in [-0.3, -0.25) is 9.78 Å². The van der Waals surface area contributed by atoms with E-state index in [2.05, 4.69) is 20.9 Å². The number of aromatic nitrogens is 1. The Balaban J connectivity index is 2.26. The van der Waals surface area contributed by atoms with Crippen molar-refractivity contribution >= 4 is 21.8 Å². The van der Waals surface area contributed by atoms with Crippen molar-refractivity contribution in [1.29, 1.82) is 0 Å². The van der Waals surface area contributed by atoms with Crippen molar-refractivity contribution in [2.45, 2.75) is 13.5 Å². The van der Waals surface area contributed by atoms with Crippen molar-refractivity contribution in [2.75, 3.05) is 6.54 Å². The highest BCUT2D eigenvalue weighted by molar-refractivity contribution is 9.10. The van der Waals surface area contributed by atoms with Crippen LogP contribution in [0.1, 0.15) is 23.0 Å². The van der Waals surface area contributed by atoms with E-state index in [0.29, 0.717) is 17.6 Å². The highest BCUT2D eigenvalue weighted by Crippen LogP contribution is 2.22. The van der Waals surface area contributed by atoms with E-state index in [9.17, 15) is 9.18 Å². The van der Waals surface area contributed by atoms with Gasteiger partial charge < -0.3 is 4.90 Å². The van der Waals surface area contributed by atoms with Crippen molar-refractivity contribution in [3.8, 4) is 0 Å². The van der Waals surface area contributed by atoms with E-state index in [1.807, 2.05) is 25.1 Å². The molecule has 1 amide bonds. The van der Waals surface area contributed by atoms with Gasteiger partial charge in [0, 0.05) is 17.2 Å². The van der Waals surface area contributed by atoms with E-state index in [1.165, 1.54) is 6.07 Å². The third kappa shape index (κ3) is 3.22. The lowest BCUT2D eigenvalue weighted by Gasteiger charge is -2.21. The highest BCUT2D eigenvalue weighted by atomic mass is 79.9. The number of hydrogen-bond acceptors (Lipinski definition) is 2. The SMILES string of the molecule is CCN(Cc1ccccn1)C(=O)c1c(F)cccc1Br. The van der Waals surface area contributed by atoms with Crippen LogP contribution in [0.4, 0.5) is 4.39 Å². The Morgan fingerprint density at radius 3 is 2.70 bits per heavy atom. The van der Waals surface area contributed by atoms with Crippen LogP contribution in [0.5, 0.6) is 0 Å². The second-order valence-corrected chi connectivity index (χ2v) is 5.09. The van der Waals surface area contributed by atoms with Gasteiger partial charge >= 0.3 is 0 Å². The van der Waals surface area contributed by atoms with Gasteiger partial charge in [-0.05, 0) is 47.1 Å². The van der Waals surface area contributed by atoms with Crippen LogP contribution < -0.4 is 0 Å². The van der Waals surface area contributed by atoms with Crippen LogP contribution in [0.15, 0.2) is 47.1 Å². The molecule has 0 aliphatic heterocycles. The summed E-state index contributed by atoms with van der Waals surface area (Å²) >= 11 is 3.23. The summed E-state index contributed by atoms with van der Waals surface area (Å²) in [6, 6.07) is 10.0. The van der Waals surface area contributed by atoms with Crippen LogP contribution in [-0.2, 0) is 6.54 Å². The van der Waals surface area contributed by atoms with Crippen LogP contribution in [0.2, 0.25) is 0 Å². The third-order valence-corrected chi connectivity index (χ3v) is 3.59. The average Bonchev–Trinajstić information content (AvgIpc) is 2.45. The van der Waals surface area contributed by atoms with Crippen molar-refractivity contribution in [2.24, 2.45) is 0 Å². The monoisotopic (exact) mass is 336 g/mol. The minimum Gasteiger partial charge on any atom is -0.333 e. The molecule has 0 spiro atoms. The smallest absolute Gasteiger partial charge is 0.258 e. The van der Waals surface area contributed by atoms with E-state index in [1.54, 1.807) is 23.2 Å². The molecule has 20 heavy (non-hydrogen) atoms. The second kappa shape index (κ2) is 6.61. The van der Waals surface area contributed by atoms with Crippen LogP contribution >= 0.6 is 15.9 Å². The van der Waals surface area contributed by atoms with E-state index >= 15 is 0 Å². The largest absolute Gasteiger partial charge is 0.333 e. The maximum atomic E-state index is 13.8. The lowest BCUT2D eigenvalue weighted by molar-refractivity contribution is 0.0745. The Morgan fingerprint density at radius 2 is 2.10 bits per heavy atom. The van der Waals surface area contributed by atoms with Gasteiger partial charge in [-0.25, -0.2) is 4.39 Å². The quantitative estimate of drug-likeness (QED) is 0.853. The molecule has 1 heterocycles. The summed E-state index contributed by atoms with van der Waals surface area (Å²) in [6.45, 7) is 2.70. The highest BCUT2D eigenvalue weighted by Gasteiger charge is 2.21. The van der Waals surface area contributed by atoms with Crippen LogP contribution in [-0.4, -0.2) is 22.3 Å². The van der Waals surface area contributed by atoms with Gasteiger partial charge in [-0.15, -0.1) is 0 Å². The first-order chi connectivity index (χ1) is 9.63. The molecule has 0 aliphatic carbocycles. The Morgan fingerprint density at radius 1 is 1.30 bits per heavy atom. The predicted octanol–water partition coefficient (Wildman–Crippen LogP) is 3.65. The van der Waals surface area contributed by atoms with E-state index < -0.39 is 5.82 Å². The molecule has 2 rings (SSSR count). The minimum atomic E-state index is -0.524. The van der Waals surface area contributed by atoms with Gasteiger partial charge in [0.2, 0.25) is 0 Å². The number of halogens is 2. The maximum absolute atomic E-state index is 13.8. The molecule has 0 bridgehead atoms.